The van der Waals surface area contributed by atoms with Gasteiger partial charge in [0.05, 0.1) is 17.4 Å². The Bertz CT molecular complexity index is 1300. The maximum Gasteiger partial charge on any atom is 0.289 e. The van der Waals surface area contributed by atoms with Crippen LogP contribution in [0.3, 0.4) is 0 Å². The van der Waals surface area contributed by atoms with Gasteiger partial charge in [0, 0.05) is 31.6 Å². The minimum absolute atomic E-state index is 0.0826. The second-order valence-electron chi connectivity index (χ2n) is 7.75. The lowest BCUT2D eigenvalue weighted by atomic mass is 10.2. The van der Waals surface area contributed by atoms with E-state index in [4.69, 9.17) is 4.42 Å². The largest absolute Gasteiger partial charge is 0.451 e. The van der Waals surface area contributed by atoms with Crippen molar-refractivity contribution in [3.05, 3.63) is 76.0 Å². The molecule has 0 saturated carbocycles. The van der Waals surface area contributed by atoms with E-state index in [1.165, 1.54) is 0 Å². The topological polar surface area (TPSA) is 82.4 Å². The van der Waals surface area contributed by atoms with Crippen molar-refractivity contribution in [2.75, 3.05) is 26.2 Å². The monoisotopic (exact) mass is 402 g/mol. The first-order valence-electron chi connectivity index (χ1n) is 10.1. The molecule has 0 spiro atoms. The summed E-state index contributed by atoms with van der Waals surface area (Å²) in [7, 11) is 0. The molecule has 1 amide bonds. The van der Waals surface area contributed by atoms with Gasteiger partial charge in [0.2, 0.25) is 0 Å². The number of H-pyrrole nitrogens is 1. The van der Waals surface area contributed by atoms with Gasteiger partial charge in [-0.15, -0.1) is 0 Å². The van der Waals surface area contributed by atoms with Crippen LogP contribution in [0.15, 0.2) is 57.7 Å². The van der Waals surface area contributed by atoms with Crippen molar-refractivity contribution in [3.63, 3.8) is 0 Å². The van der Waals surface area contributed by atoms with E-state index in [0.717, 1.165) is 16.5 Å². The molecule has 0 unspecified atom stereocenters. The van der Waals surface area contributed by atoms with Crippen molar-refractivity contribution in [2.24, 2.45) is 0 Å². The summed E-state index contributed by atoms with van der Waals surface area (Å²) in [6.45, 7) is 5.19. The van der Waals surface area contributed by atoms with E-state index in [9.17, 15) is 9.59 Å². The number of aromatic nitrogens is 2. The molecular weight excluding hydrogens is 380 g/mol. The van der Waals surface area contributed by atoms with Crippen molar-refractivity contribution >= 4 is 27.8 Å². The van der Waals surface area contributed by atoms with Gasteiger partial charge < -0.3 is 14.3 Å². The highest BCUT2D eigenvalue weighted by atomic mass is 16.3. The van der Waals surface area contributed by atoms with E-state index in [2.05, 4.69) is 14.9 Å². The van der Waals surface area contributed by atoms with Gasteiger partial charge >= 0.3 is 0 Å². The average molecular weight is 402 g/mol. The standard InChI is InChI=1S/C23H22N4O3/c1-15-6-7-19-16(12-15)13-20(30-19)23(29)27-10-8-26(9-11-27)14-21-24-18-5-3-2-4-17(18)22(28)25-21/h2-7,12-13H,8-11,14H2,1H3,(H,24,25,28). The van der Waals surface area contributed by atoms with Crippen LogP contribution in [0, 0.1) is 6.92 Å². The molecule has 0 aliphatic carbocycles. The summed E-state index contributed by atoms with van der Waals surface area (Å²) >= 11 is 0. The molecule has 2 aromatic carbocycles. The van der Waals surface area contributed by atoms with Gasteiger partial charge in [0.15, 0.2) is 5.76 Å². The van der Waals surface area contributed by atoms with E-state index >= 15 is 0 Å². The van der Waals surface area contributed by atoms with Crippen molar-refractivity contribution in [3.8, 4) is 0 Å². The quantitative estimate of drug-likeness (QED) is 0.570. The number of benzene rings is 2. The first-order valence-corrected chi connectivity index (χ1v) is 10.1. The average Bonchev–Trinajstić information content (AvgIpc) is 3.17. The highest BCUT2D eigenvalue weighted by molar-refractivity contribution is 5.96. The summed E-state index contributed by atoms with van der Waals surface area (Å²) in [6.07, 6.45) is 0. The Morgan fingerprint density at radius 2 is 1.90 bits per heavy atom. The van der Waals surface area contributed by atoms with Crippen molar-refractivity contribution in [2.45, 2.75) is 13.5 Å². The number of carbonyl (C=O) groups excluding carboxylic acids is 1. The second kappa shape index (κ2) is 7.42. The van der Waals surface area contributed by atoms with Crippen molar-refractivity contribution in [1.29, 1.82) is 0 Å². The number of furan rings is 1. The maximum atomic E-state index is 12.9. The summed E-state index contributed by atoms with van der Waals surface area (Å²) in [4.78, 5) is 36.6. The normalized spacial score (nSPS) is 15.2. The molecule has 152 valence electrons. The summed E-state index contributed by atoms with van der Waals surface area (Å²) in [5.41, 5.74) is 2.44. The summed E-state index contributed by atoms with van der Waals surface area (Å²) in [6, 6.07) is 15.0. The number of aromatic amines is 1. The number of aryl methyl sites for hydroxylation is 1. The predicted octanol–water partition coefficient (Wildman–Crippen LogP) is 2.94. The first-order chi connectivity index (χ1) is 14.6. The number of hydrogen-bond donors (Lipinski definition) is 1. The highest BCUT2D eigenvalue weighted by Crippen LogP contribution is 2.22. The van der Waals surface area contributed by atoms with E-state index in [0.29, 0.717) is 55.2 Å². The number of carbonyl (C=O) groups is 1. The van der Waals surface area contributed by atoms with Crippen LogP contribution in [0.1, 0.15) is 21.9 Å². The van der Waals surface area contributed by atoms with Crippen LogP contribution in [0.25, 0.3) is 21.9 Å². The molecule has 30 heavy (non-hydrogen) atoms. The molecule has 5 rings (SSSR count). The zero-order valence-corrected chi connectivity index (χ0v) is 16.7. The minimum Gasteiger partial charge on any atom is -0.451 e. The van der Waals surface area contributed by atoms with Gasteiger partial charge in [-0.05, 0) is 37.3 Å². The molecule has 0 bridgehead atoms. The van der Waals surface area contributed by atoms with E-state index in [1.807, 2.05) is 54.3 Å². The molecule has 3 heterocycles. The summed E-state index contributed by atoms with van der Waals surface area (Å²) in [5, 5.41) is 1.54. The molecule has 1 N–H and O–H groups in total. The van der Waals surface area contributed by atoms with Crippen LogP contribution in [0.2, 0.25) is 0 Å². The van der Waals surface area contributed by atoms with Crippen molar-refractivity contribution in [1.82, 2.24) is 19.8 Å². The lowest BCUT2D eigenvalue weighted by Crippen LogP contribution is -2.48. The molecule has 1 aliphatic rings. The second-order valence-corrected chi connectivity index (χ2v) is 7.75. The number of para-hydroxylation sites is 1. The van der Waals surface area contributed by atoms with Gasteiger partial charge in [-0.2, -0.15) is 0 Å². The number of nitrogens with one attached hydrogen (secondary N) is 1. The van der Waals surface area contributed by atoms with E-state index < -0.39 is 0 Å². The minimum atomic E-state index is -0.121. The number of piperazine rings is 1. The fraction of sp³-hybridized carbons (Fsp3) is 0.261. The first kappa shape index (κ1) is 18.6. The van der Waals surface area contributed by atoms with Crippen LogP contribution in [0.4, 0.5) is 0 Å². The number of nitrogens with zero attached hydrogens (tertiary/aromatic N) is 3. The zero-order valence-electron chi connectivity index (χ0n) is 16.7. The molecule has 7 nitrogen and oxygen atoms in total. The molecule has 1 fully saturated rings. The van der Waals surface area contributed by atoms with Crippen LogP contribution >= 0.6 is 0 Å². The van der Waals surface area contributed by atoms with Crippen LogP contribution < -0.4 is 5.56 Å². The highest BCUT2D eigenvalue weighted by Gasteiger charge is 2.25. The Balaban J connectivity index is 1.25. The molecular formula is C23H22N4O3. The molecule has 1 saturated heterocycles. The van der Waals surface area contributed by atoms with Crippen LogP contribution in [-0.4, -0.2) is 51.9 Å². The Morgan fingerprint density at radius 3 is 2.73 bits per heavy atom. The molecule has 2 aromatic heterocycles. The zero-order chi connectivity index (χ0) is 20.7. The van der Waals surface area contributed by atoms with Gasteiger partial charge in [-0.1, -0.05) is 23.8 Å². The molecule has 0 atom stereocenters. The fourth-order valence-electron chi connectivity index (χ4n) is 3.95. The summed E-state index contributed by atoms with van der Waals surface area (Å²) < 4.78 is 5.76. The molecule has 4 aromatic rings. The molecule has 0 radical (unpaired) electrons. The Hall–Kier alpha value is -3.45. The Morgan fingerprint density at radius 1 is 1.10 bits per heavy atom. The van der Waals surface area contributed by atoms with Crippen molar-refractivity contribution < 1.29 is 9.21 Å². The summed E-state index contributed by atoms with van der Waals surface area (Å²) in [5.74, 6) is 0.941. The Labute approximate surface area is 172 Å². The number of amides is 1. The SMILES string of the molecule is Cc1ccc2oc(C(=O)N3CCN(Cc4nc5ccccc5c(=O)[nH]4)CC3)cc2c1. The maximum absolute atomic E-state index is 12.9. The lowest BCUT2D eigenvalue weighted by molar-refractivity contribution is 0.0597. The van der Waals surface area contributed by atoms with Crippen LogP contribution in [0.5, 0.6) is 0 Å². The smallest absolute Gasteiger partial charge is 0.289 e. The third-order valence-corrected chi connectivity index (χ3v) is 5.58. The van der Waals surface area contributed by atoms with E-state index in [1.54, 1.807) is 6.07 Å². The van der Waals surface area contributed by atoms with E-state index in [-0.39, 0.29) is 11.5 Å². The lowest BCUT2D eigenvalue weighted by Gasteiger charge is -2.33. The molecule has 7 heteroatoms. The van der Waals surface area contributed by atoms with Gasteiger partial charge in [-0.3, -0.25) is 14.5 Å². The van der Waals surface area contributed by atoms with Gasteiger partial charge in [-0.25, -0.2) is 4.98 Å². The number of rotatable bonds is 3. The number of fused-ring (bicyclic) bond motifs is 2. The molecule has 1 aliphatic heterocycles. The fourth-order valence-corrected chi connectivity index (χ4v) is 3.95. The van der Waals surface area contributed by atoms with Gasteiger partial charge in [0.25, 0.3) is 11.5 Å². The van der Waals surface area contributed by atoms with Gasteiger partial charge in [0.1, 0.15) is 11.4 Å². The third kappa shape index (κ3) is 3.48. The third-order valence-electron chi connectivity index (χ3n) is 5.58. The Kier molecular flexibility index (Phi) is 4.59. The predicted molar refractivity (Wildman–Crippen MR) is 114 cm³/mol. The van der Waals surface area contributed by atoms with Crippen LogP contribution in [-0.2, 0) is 6.54 Å². The number of hydrogen-bond acceptors (Lipinski definition) is 5.